The Labute approximate surface area is 65.0 Å². The molecular weight excluding hydrogens is 120 g/mol. The lowest BCUT2D eigenvalue weighted by Gasteiger charge is -2.26. The van der Waals surface area contributed by atoms with Crippen LogP contribution >= 0.6 is 0 Å². The summed E-state index contributed by atoms with van der Waals surface area (Å²) in [5.74, 6) is 1.97. The van der Waals surface area contributed by atoms with Crippen molar-refractivity contribution in [3.8, 4) is 0 Å². The third-order valence-electron chi connectivity index (χ3n) is 2.90. The van der Waals surface area contributed by atoms with Crippen LogP contribution in [0.25, 0.3) is 0 Å². The zero-order valence-electron chi connectivity index (χ0n) is 7.27. The van der Waals surface area contributed by atoms with Gasteiger partial charge in [-0.05, 0) is 24.7 Å². The van der Waals surface area contributed by atoms with Gasteiger partial charge in [0.15, 0.2) is 0 Å². The van der Waals surface area contributed by atoms with E-state index in [9.17, 15) is 0 Å². The lowest BCUT2D eigenvalue weighted by atomic mass is 9.80. The number of hydrogen-bond acceptors (Lipinski definition) is 0. The summed E-state index contributed by atoms with van der Waals surface area (Å²) in [5.41, 5.74) is 0. The normalized spacial score (nSPS) is 24.6. The highest BCUT2D eigenvalue weighted by Gasteiger charge is 2.17. The van der Waals surface area contributed by atoms with Crippen molar-refractivity contribution < 1.29 is 0 Å². The molecule has 1 radical (unpaired) electrons. The molecule has 0 N–H and O–H groups in total. The van der Waals surface area contributed by atoms with E-state index in [1.54, 1.807) is 0 Å². The third kappa shape index (κ3) is 2.00. The van der Waals surface area contributed by atoms with E-state index in [0.717, 1.165) is 11.8 Å². The molecule has 1 aliphatic rings. The smallest absolute Gasteiger partial charge is 0.0383 e. The summed E-state index contributed by atoms with van der Waals surface area (Å²) in [6.07, 6.45) is 9.50. The van der Waals surface area contributed by atoms with Crippen molar-refractivity contribution >= 4 is 0 Å². The standard InChI is InChI=1S/C10H19/c1-3-9(2)10-7-5-4-6-8-10/h5,9-10H,3-4,6-8H2,1-2H3. The molecule has 0 aromatic carbocycles. The van der Waals surface area contributed by atoms with Gasteiger partial charge in [-0.2, -0.15) is 0 Å². The highest BCUT2D eigenvalue weighted by Crippen LogP contribution is 2.30. The molecule has 2 unspecified atom stereocenters. The summed E-state index contributed by atoms with van der Waals surface area (Å²) < 4.78 is 0. The van der Waals surface area contributed by atoms with Crippen molar-refractivity contribution in [3.05, 3.63) is 6.42 Å². The molecule has 0 aromatic heterocycles. The van der Waals surface area contributed by atoms with Crippen LogP contribution in [0.15, 0.2) is 0 Å². The van der Waals surface area contributed by atoms with Gasteiger partial charge in [0.2, 0.25) is 0 Å². The van der Waals surface area contributed by atoms with Crippen molar-refractivity contribution in [3.63, 3.8) is 0 Å². The molecular formula is C10H19. The molecule has 59 valence electrons. The Morgan fingerprint density at radius 2 is 2.40 bits per heavy atom. The Kier molecular flexibility index (Phi) is 3.24. The zero-order valence-corrected chi connectivity index (χ0v) is 7.27. The predicted molar refractivity (Wildman–Crippen MR) is 45.7 cm³/mol. The Morgan fingerprint density at radius 1 is 1.60 bits per heavy atom. The van der Waals surface area contributed by atoms with Crippen LogP contribution < -0.4 is 0 Å². The molecule has 1 aliphatic carbocycles. The van der Waals surface area contributed by atoms with Crippen molar-refractivity contribution in [2.45, 2.75) is 46.0 Å². The SMILES string of the molecule is CCC(C)C1C[CH]CCC1. The topological polar surface area (TPSA) is 0 Å². The van der Waals surface area contributed by atoms with Gasteiger partial charge in [-0.1, -0.05) is 39.5 Å². The van der Waals surface area contributed by atoms with E-state index in [0.29, 0.717) is 0 Å². The second kappa shape index (κ2) is 4.00. The van der Waals surface area contributed by atoms with Gasteiger partial charge in [-0.3, -0.25) is 0 Å². The van der Waals surface area contributed by atoms with Crippen LogP contribution in [0.5, 0.6) is 0 Å². The van der Waals surface area contributed by atoms with Crippen molar-refractivity contribution in [2.75, 3.05) is 0 Å². The van der Waals surface area contributed by atoms with Gasteiger partial charge >= 0.3 is 0 Å². The van der Waals surface area contributed by atoms with Crippen LogP contribution in [0.4, 0.5) is 0 Å². The predicted octanol–water partition coefficient (Wildman–Crippen LogP) is 3.43. The third-order valence-corrected chi connectivity index (χ3v) is 2.90. The van der Waals surface area contributed by atoms with Crippen LogP contribution in [0, 0.1) is 18.3 Å². The lowest BCUT2D eigenvalue weighted by Crippen LogP contribution is -2.14. The zero-order chi connectivity index (χ0) is 7.40. The molecule has 0 bridgehead atoms. The Bertz CT molecular complexity index is 80.0. The molecule has 0 aliphatic heterocycles. The largest absolute Gasteiger partial charge is 0.0651 e. The van der Waals surface area contributed by atoms with Crippen molar-refractivity contribution in [2.24, 2.45) is 11.8 Å². The van der Waals surface area contributed by atoms with E-state index >= 15 is 0 Å². The van der Waals surface area contributed by atoms with Crippen molar-refractivity contribution in [1.29, 1.82) is 0 Å². The second-order valence-electron chi connectivity index (χ2n) is 3.60. The molecule has 0 saturated heterocycles. The van der Waals surface area contributed by atoms with Gasteiger partial charge in [0.1, 0.15) is 0 Å². The monoisotopic (exact) mass is 139 g/mol. The Balaban J connectivity index is 2.24. The van der Waals surface area contributed by atoms with Crippen LogP contribution in [-0.2, 0) is 0 Å². The molecule has 1 fully saturated rings. The maximum absolute atomic E-state index is 2.47. The van der Waals surface area contributed by atoms with E-state index < -0.39 is 0 Å². The molecule has 2 atom stereocenters. The number of rotatable bonds is 2. The molecule has 0 amide bonds. The maximum atomic E-state index is 2.47. The Hall–Kier alpha value is 0. The molecule has 1 saturated carbocycles. The van der Waals surface area contributed by atoms with Crippen molar-refractivity contribution in [1.82, 2.24) is 0 Å². The quantitative estimate of drug-likeness (QED) is 0.550. The molecule has 0 nitrogen and oxygen atoms in total. The summed E-state index contributed by atoms with van der Waals surface area (Å²) in [6, 6.07) is 0. The fourth-order valence-electron chi connectivity index (χ4n) is 1.82. The fraction of sp³-hybridized carbons (Fsp3) is 0.900. The van der Waals surface area contributed by atoms with Crippen LogP contribution in [0.1, 0.15) is 46.0 Å². The van der Waals surface area contributed by atoms with Crippen LogP contribution in [-0.4, -0.2) is 0 Å². The van der Waals surface area contributed by atoms with Gasteiger partial charge in [0.25, 0.3) is 0 Å². The number of hydrogen-bond donors (Lipinski definition) is 0. The molecule has 10 heavy (non-hydrogen) atoms. The summed E-state index contributed by atoms with van der Waals surface area (Å²) in [4.78, 5) is 0. The summed E-state index contributed by atoms with van der Waals surface area (Å²) in [6.45, 7) is 4.70. The van der Waals surface area contributed by atoms with Gasteiger partial charge in [-0.25, -0.2) is 0 Å². The fourth-order valence-corrected chi connectivity index (χ4v) is 1.82. The van der Waals surface area contributed by atoms with Crippen LogP contribution in [0.3, 0.4) is 0 Å². The maximum Gasteiger partial charge on any atom is -0.0383 e. The lowest BCUT2D eigenvalue weighted by molar-refractivity contribution is 0.291. The van der Waals surface area contributed by atoms with Gasteiger partial charge in [0, 0.05) is 0 Å². The summed E-state index contributed by atoms with van der Waals surface area (Å²) in [5, 5.41) is 0. The van der Waals surface area contributed by atoms with E-state index in [2.05, 4.69) is 20.3 Å². The highest BCUT2D eigenvalue weighted by molar-refractivity contribution is 4.79. The molecule has 1 rings (SSSR count). The average Bonchev–Trinajstić information content (AvgIpc) is 2.05. The summed E-state index contributed by atoms with van der Waals surface area (Å²) >= 11 is 0. The van der Waals surface area contributed by atoms with E-state index in [1.807, 2.05) is 0 Å². The van der Waals surface area contributed by atoms with Gasteiger partial charge < -0.3 is 0 Å². The van der Waals surface area contributed by atoms with Gasteiger partial charge in [0.05, 0.1) is 0 Å². The first-order chi connectivity index (χ1) is 4.84. The average molecular weight is 139 g/mol. The molecule has 0 heterocycles. The first-order valence-corrected chi connectivity index (χ1v) is 4.66. The minimum atomic E-state index is 0.955. The molecule has 0 aromatic rings. The minimum Gasteiger partial charge on any atom is -0.0651 e. The van der Waals surface area contributed by atoms with E-state index in [1.165, 1.54) is 32.1 Å². The first kappa shape index (κ1) is 8.10. The molecule has 0 heteroatoms. The first-order valence-electron chi connectivity index (χ1n) is 4.66. The second-order valence-corrected chi connectivity index (χ2v) is 3.60. The van der Waals surface area contributed by atoms with Crippen LogP contribution in [0.2, 0.25) is 0 Å². The minimum absolute atomic E-state index is 0.955. The Morgan fingerprint density at radius 3 is 2.90 bits per heavy atom. The summed E-state index contributed by atoms with van der Waals surface area (Å²) in [7, 11) is 0. The van der Waals surface area contributed by atoms with Gasteiger partial charge in [-0.15, -0.1) is 0 Å². The highest BCUT2D eigenvalue weighted by atomic mass is 14.2. The molecule has 0 spiro atoms. The van der Waals surface area contributed by atoms with E-state index in [4.69, 9.17) is 0 Å². The van der Waals surface area contributed by atoms with E-state index in [-0.39, 0.29) is 0 Å².